The van der Waals surface area contributed by atoms with Crippen LogP contribution in [-0.2, 0) is 25.8 Å². The number of benzene rings is 2. The molecule has 2 heterocycles. The van der Waals surface area contributed by atoms with Crippen LogP contribution in [0.1, 0.15) is 45.5 Å². The molecule has 10 heteroatoms. The Labute approximate surface area is 245 Å². The van der Waals surface area contributed by atoms with E-state index in [9.17, 15) is 13.6 Å². The van der Waals surface area contributed by atoms with Crippen molar-refractivity contribution in [3.8, 4) is 11.4 Å². The Bertz CT molecular complexity index is 1530. The Balaban J connectivity index is 1.16. The monoisotopic (exact) mass is 573 g/mol. The summed E-state index contributed by atoms with van der Waals surface area (Å²) in [5, 5.41) is 10.0. The van der Waals surface area contributed by atoms with E-state index in [4.69, 9.17) is 0 Å². The third kappa shape index (κ3) is 5.68. The van der Waals surface area contributed by atoms with Gasteiger partial charge in [-0.15, -0.1) is 5.10 Å². The molecule has 2 aromatic carbocycles. The minimum absolute atomic E-state index is 0.0906. The molecule has 8 nitrogen and oxygen atoms in total. The number of rotatable bonds is 8. The van der Waals surface area contributed by atoms with Crippen molar-refractivity contribution in [1.82, 2.24) is 25.1 Å². The van der Waals surface area contributed by atoms with Crippen molar-refractivity contribution in [3.05, 3.63) is 88.2 Å². The van der Waals surface area contributed by atoms with Gasteiger partial charge in [0.15, 0.2) is 11.6 Å². The number of fused-ring (bicyclic) bond motifs is 3. The van der Waals surface area contributed by atoms with Crippen molar-refractivity contribution in [1.29, 1.82) is 0 Å². The molecule has 6 rings (SSSR count). The van der Waals surface area contributed by atoms with Crippen LogP contribution in [0, 0.1) is 11.6 Å². The van der Waals surface area contributed by atoms with Gasteiger partial charge in [-0.25, -0.2) is 13.8 Å². The highest BCUT2D eigenvalue weighted by molar-refractivity contribution is 6.03. The number of nitrogens with one attached hydrogen (secondary N) is 1. The van der Waals surface area contributed by atoms with E-state index >= 15 is 0 Å². The number of piperazine rings is 1. The average Bonchev–Trinajstić information content (AvgIpc) is 3.36. The van der Waals surface area contributed by atoms with E-state index in [2.05, 4.69) is 42.3 Å². The minimum Gasteiger partial charge on any atom is -0.378 e. The van der Waals surface area contributed by atoms with Crippen LogP contribution < -0.4 is 15.2 Å². The number of amides is 1. The summed E-state index contributed by atoms with van der Waals surface area (Å²) in [7, 11) is 4.02. The number of hydrogen-bond acceptors (Lipinski definition) is 6. The number of nitrogens with zero attached hydrogens (tertiary/aromatic N) is 6. The normalized spacial score (nSPS) is 15.6. The lowest BCUT2D eigenvalue weighted by molar-refractivity contribution is 0.0950. The third-order valence-electron chi connectivity index (χ3n) is 8.51. The van der Waals surface area contributed by atoms with Gasteiger partial charge in [-0.1, -0.05) is 18.2 Å². The molecule has 2 aliphatic heterocycles. The van der Waals surface area contributed by atoms with E-state index in [0.717, 1.165) is 92.2 Å². The van der Waals surface area contributed by atoms with E-state index in [1.807, 2.05) is 31.0 Å². The zero-order valence-electron chi connectivity index (χ0n) is 24.2. The molecular weight excluding hydrogens is 536 g/mol. The lowest BCUT2D eigenvalue weighted by Crippen LogP contribution is -2.52. The molecule has 1 fully saturated rings. The fraction of sp³-hybridized carbons (Fsp3) is 0.406. The Morgan fingerprint density at radius 1 is 0.929 bits per heavy atom. The molecule has 0 radical (unpaired) electrons. The summed E-state index contributed by atoms with van der Waals surface area (Å²) in [6.07, 6.45) is 6.13. The molecule has 2 aromatic rings. The lowest BCUT2D eigenvalue weighted by atomic mass is 9.93. The van der Waals surface area contributed by atoms with Gasteiger partial charge in [0.2, 0.25) is 0 Å². The topological polar surface area (TPSA) is 69.5 Å². The second kappa shape index (κ2) is 12.1. The summed E-state index contributed by atoms with van der Waals surface area (Å²) in [6, 6.07) is 12.3. The second-order valence-corrected chi connectivity index (χ2v) is 11.4. The van der Waals surface area contributed by atoms with E-state index < -0.39 is 11.6 Å². The molecule has 1 N–H and O–H groups in total. The maximum Gasteiger partial charge on any atom is 0.254 e. The van der Waals surface area contributed by atoms with E-state index in [1.165, 1.54) is 17.7 Å². The first-order valence-corrected chi connectivity index (χ1v) is 14.7. The quantitative estimate of drug-likeness (QED) is 0.343. The van der Waals surface area contributed by atoms with Crippen molar-refractivity contribution in [3.63, 3.8) is 0 Å². The maximum absolute atomic E-state index is 13.6. The van der Waals surface area contributed by atoms with Crippen LogP contribution in [0.3, 0.4) is 0 Å². The fourth-order valence-electron chi connectivity index (χ4n) is 6.15. The number of carbonyl (C=O) groups is 1. The number of aromatic nitrogens is 3. The zero-order chi connectivity index (χ0) is 29.2. The molecule has 0 spiro atoms. The van der Waals surface area contributed by atoms with Crippen molar-refractivity contribution >= 4 is 11.6 Å². The van der Waals surface area contributed by atoms with Crippen LogP contribution in [-0.4, -0.2) is 72.5 Å². The molecule has 220 valence electrons. The average molecular weight is 574 g/mol. The number of carbonyl (C=O) groups excluding carboxylic acids is 1. The Hall–Kier alpha value is -4.05. The molecule has 0 aromatic heterocycles. The van der Waals surface area contributed by atoms with Gasteiger partial charge in [-0.3, -0.25) is 14.7 Å². The summed E-state index contributed by atoms with van der Waals surface area (Å²) in [5.41, 5.74) is 7.61. The highest BCUT2D eigenvalue weighted by Crippen LogP contribution is 2.39. The molecular formula is C32H37F2N7O. The number of halogens is 2. The first kappa shape index (κ1) is 28.1. The summed E-state index contributed by atoms with van der Waals surface area (Å²) in [6.45, 7) is 4.40. The SMILES string of the molecule is CN(C)c1ccc(CNC(=O)c2c3ncnn(N4CCN(CCc5ccc(F)c(F)c5)CC4)c-3c3c2CCCC3)cc1. The smallest absolute Gasteiger partial charge is 0.254 e. The Morgan fingerprint density at radius 2 is 1.64 bits per heavy atom. The molecule has 2 aliphatic carbocycles. The predicted molar refractivity (Wildman–Crippen MR) is 160 cm³/mol. The van der Waals surface area contributed by atoms with E-state index in [-0.39, 0.29) is 5.91 Å². The largest absolute Gasteiger partial charge is 0.378 e. The third-order valence-corrected chi connectivity index (χ3v) is 8.51. The van der Waals surface area contributed by atoms with Gasteiger partial charge in [0.25, 0.3) is 5.91 Å². The van der Waals surface area contributed by atoms with Gasteiger partial charge in [0, 0.05) is 59.1 Å². The predicted octanol–water partition coefficient (Wildman–Crippen LogP) is 4.03. The second-order valence-electron chi connectivity index (χ2n) is 11.4. The first-order valence-electron chi connectivity index (χ1n) is 14.7. The Kier molecular flexibility index (Phi) is 8.06. The van der Waals surface area contributed by atoms with Crippen LogP contribution in [0.15, 0.2) is 48.8 Å². The summed E-state index contributed by atoms with van der Waals surface area (Å²) >= 11 is 0. The molecule has 0 atom stereocenters. The summed E-state index contributed by atoms with van der Waals surface area (Å²) in [4.78, 5) is 24.6. The van der Waals surface area contributed by atoms with Gasteiger partial charge in [0.1, 0.15) is 17.7 Å². The van der Waals surface area contributed by atoms with Gasteiger partial charge < -0.3 is 10.2 Å². The van der Waals surface area contributed by atoms with E-state index in [1.54, 1.807) is 12.4 Å². The molecule has 42 heavy (non-hydrogen) atoms. The van der Waals surface area contributed by atoms with Crippen LogP contribution in [0.2, 0.25) is 0 Å². The first-order chi connectivity index (χ1) is 20.4. The van der Waals surface area contributed by atoms with Gasteiger partial charge in [-0.05, 0) is 78.6 Å². The molecule has 0 bridgehead atoms. The Morgan fingerprint density at radius 3 is 2.36 bits per heavy atom. The van der Waals surface area contributed by atoms with Crippen LogP contribution in [0.5, 0.6) is 0 Å². The van der Waals surface area contributed by atoms with Gasteiger partial charge in [0.05, 0.1) is 5.56 Å². The van der Waals surface area contributed by atoms with E-state index in [0.29, 0.717) is 18.5 Å². The molecule has 1 amide bonds. The van der Waals surface area contributed by atoms with Crippen molar-refractivity contribution in [2.75, 3.05) is 56.7 Å². The number of hydrogen-bond donors (Lipinski definition) is 1. The van der Waals surface area contributed by atoms with Gasteiger partial charge in [-0.2, -0.15) is 4.79 Å². The zero-order valence-corrected chi connectivity index (χ0v) is 24.2. The van der Waals surface area contributed by atoms with Gasteiger partial charge >= 0.3 is 0 Å². The molecule has 0 saturated carbocycles. The molecule has 1 saturated heterocycles. The summed E-state index contributed by atoms with van der Waals surface area (Å²) in [5.74, 6) is -1.70. The molecule has 4 aliphatic rings. The van der Waals surface area contributed by atoms with Crippen molar-refractivity contribution in [2.24, 2.45) is 0 Å². The summed E-state index contributed by atoms with van der Waals surface area (Å²) < 4.78 is 26.9. The van der Waals surface area contributed by atoms with Crippen molar-refractivity contribution in [2.45, 2.75) is 38.6 Å². The maximum atomic E-state index is 13.6. The van der Waals surface area contributed by atoms with Crippen LogP contribution in [0.25, 0.3) is 11.4 Å². The lowest BCUT2D eigenvalue weighted by Gasteiger charge is -2.37. The highest BCUT2D eigenvalue weighted by atomic mass is 19.2. The fourth-order valence-corrected chi connectivity index (χ4v) is 6.15. The highest BCUT2D eigenvalue weighted by Gasteiger charge is 2.34. The number of anilines is 1. The minimum atomic E-state index is -0.814. The molecule has 0 unspecified atom stereocenters. The van der Waals surface area contributed by atoms with Crippen LogP contribution in [0.4, 0.5) is 14.5 Å². The van der Waals surface area contributed by atoms with Crippen molar-refractivity contribution < 1.29 is 13.6 Å². The standard InChI is InChI=1S/C32H37F2N7O/c1-38(2)24-10-7-23(8-11-24)20-35-32(42)29-25-5-3-4-6-26(25)31-30(29)36-21-37-41(31)40-17-15-39(16-18-40)14-13-22-9-12-27(33)28(34)19-22/h7-12,19,21H,3-6,13-18,20H2,1-2H3,(H,35,42). The van der Waals surface area contributed by atoms with Crippen LogP contribution >= 0.6 is 0 Å².